The Kier molecular flexibility index (Phi) is 4.20. The first-order valence-electron chi connectivity index (χ1n) is 6.52. The molecular weight excluding hydrogens is 228 g/mol. The van der Waals surface area contributed by atoms with Gasteiger partial charge >= 0.3 is 0 Å². The van der Waals surface area contributed by atoms with Crippen LogP contribution in [0.25, 0.3) is 0 Å². The Balaban J connectivity index is 2.04. The van der Waals surface area contributed by atoms with Crippen molar-refractivity contribution in [2.24, 2.45) is 0 Å². The van der Waals surface area contributed by atoms with Crippen molar-refractivity contribution in [2.45, 2.75) is 25.9 Å². The molecule has 1 aliphatic rings. The van der Waals surface area contributed by atoms with Crippen LogP contribution in [0.5, 0.6) is 0 Å². The molecule has 2 N–H and O–H groups in total. The van der Waals surface area contributed by atoms with E-state index in [4.69, 9.17) is 0 Å². The lowest BCUT2D eigenvalue weighted by molar-refractivity contribution is 0.00596. The Morgan fingerprint density at radius 1 is 1.44 bits per heavy atom. The molecule has 4 heteroatoms. The third-order valence-electron chi connectivity index (χ3n) is 3.15. The monoisotopic (exact) mass is 248 g/mol. The SMILES string of the molecule is CCCCNc1ccccc1C(=O)N1CC(O)C1. The van der Waals surface area contributed by atoms with E-state index >= 15 is 0 Å². The number of likely N-dealkylation sites (tertiary alicyclic amines) is 1. The largest absolute Gasteiger partial charge is 0.389 e. The molecule has 1 saturated heterocycles. The zero-order valence-electron chi connectivity index (χ0n) is 10.7. The van der Waals surface area contributed by atoms with Crippen molar-refractivity contribution in [1.29, 1.82) is 0 Å². The maximum Gasteiger partial charge on any atom is 0.256 e. The molecule has 98 valence electrons. The number of carbonyl (C=O) groups excluding carboxylic acids is 1. The fourth-order valence-electron chi connectivity index (χ4n) is 2.02. The molecule has 0 spiro atoms. The molecule has 0 saturated carbocycles. The molecule has 1 aliphatic heterocycles. The predicted octanol–water partition coefficient (Wildman–Crippen LogP) is 1.72. The molecule has 0 radical (unpaired) electrons. The van der Waals surface area contributed by atoms with Crippen molar-refractivity contribution in [2.75, 3.05) is 25.0 Å². The molecule has 0 unspecified atom stereocenters. The van der Waals surface area contributed by atoms with Gasteiger partial charge in [0.25, 0.3) is 5.91 Å². The van der Waals surface area contributed by atoms with Crippen LogP contribution in [0.2, 0.25) is 0 Å². The minimum absolute atomic E-state index is 0.0000940. The third-order valence-corrected chi connectivity index (χ3v) is 3.15. The highest BCUT2D eigenvalue weighted by Gasteiger charge is 2.30. The normalized spacial score (nSPS) is 15.3. The number of benzene rings is 1. The van der Waals surface area contributed by atoms with E-state index in [-0.39, 0.29) is 12.0 Å². The minimum Gasteiger partial charge on any atom is -0.389 e. The molecule has 0 bridgehead atoms. The fourth-order valence-corrected chi connectivity index (χ4v) is 2.02. The highest BCUT2D eigenvalue weighted by molar-refractivity contribution is 6.00. The summed E-state index contributed by atoms with van der Waals surface area (Å²) in [5.41, 5.74) is 1.58. The van der Waals surface area contributed by atoms with Crippen molar-refractivity contribution in [3.8, 4) is 0 Å². The summed E-state index contributed by atoms with van der Waals surface area (Å²) >= 11 is 0. The number of anilines is 1. The number of hydrogen-bond acceptors (Lipinski definition) is 3. The highest BCUT2D eigenvalue weighted by atomic mass is 16.3. The first-order valence-corrected chi connectivity index (χ1v) is 6.52. The first kappa shape index (κ1) is 12.9. The van der Waals surface area contributed by atoms with E-state index < -0.39 is 0 Å². The van der Waals surface area contributed by atoms with Crippen LogP contribution in [0.1, 0.15) is 30.1 Å². The van der Waals surface area contributed by atoms with E-state index in [1.165, 1.54) is 0 Å². The van der Waals surface area contributed by atoms with Crippen LogP contribution in [-0.4, -0.2) is 41.7 Å². The number of nitrogens with zero attached hydrogens (tertiary/aromatic N) is 1. The highest BCUT2D eigenvalue weighted by Crippen LogP contribution is 2.20. The van der Waals surface area contributed by atoms with Gasteiger partial charge in [-0.1, -0.05) is 25.5 Å². The number of para-hydroxylation sites is 1. The van der Waals surface area contributed by atoms with Crippen LogP contribution in [0, 0.1) is 0 Å². The summed E-state index contributed by atoms with van der Waals surface area (Å²) in [4.78, 5) is 13.9. The summed E-state index contributed by atoms with van der Waals surface area (Å²) in [6.07, 6.45) is 1.86. The van der Waals surface area contributed by atoms with Crippen LogP contribution < -0.4 is 5.32 Å². The molecule has 0 aromatic heterocycles. The van der Waals surface area contributed by atoms with E-state index in [0.29, 0.717) is 18.7 Å². The Labute approximate surface area is 108 Å². The van der Waals surface area contributed by atoms with Gasteiger partial charge in [-0.15, -0.1) is 0 Å². The lowest BCUT2D eigenvalue weighted by atomic mass is 10.1. The average Bonchev–Trinajstić information content (AvgIpc) is 2.35. The summed E-state index contributed by atoms with van der Waals surface area (Å²) in [7, 11) is 0. The van der Waals surface area contributed by atoms with Gasteiger partial charge in [-0.05, 0) is 18.6 Å². The van der Waals surface area contributed by atoms with Gasteiger partial charge in [0, 0.05) is 25.3 Å². The molecule has 1 aromatic carbocycles. The Morgan fingerprint density at radius 2 is 2.17 bits per heavy atom. The van der Waals surface area contributed by atoms with E-state index in [9.17, 15) is 9.90 Å². The van der Waals surface area contributed by atoms with Crippen LogP contribution in [0.3, 0.4) is 0 Å². The third kappa shape index (κ3) is 2.82. The smallest absolute Gasteiger partial charge is 0.256 e. The summed E-state index contributed by atoms with van der Waals surface area (Å²) in [6, 6.07) is 7.56. The second kappa shape index (κ2) is 5.87. The molecule has 0 atom stereocenters. The Bertz CT molecular complexity index is 414. The van der Waals surface area contributed by atoms with Gasteiger partial charge in [0.2, 0.25) is 0 Å². The summed E-state index contributed by atoms with van der Waals surface area (Å²) in [6.45, 7) is 3.91. The van der Waals surface area contributed by atoms with E-state index in [1.54, 1.807) is 4.90 Å². The fraction of sp³-hybridized carbons (Fsp3) is 0.500. The topological polar surface area (TPSA) is 52.6 Å². The number of β-amino-alcohol motifs (C(OH)–C–C–N with tert-alkyl or cyclic N) is 1. The lowest BCUT2D eigenvalue weighted by Crippen LogP contribution is -2.53. The Hall–Kier alpha value is -1.55. The van der Waals surface area contributed by atoms with Crippen LogP contribution in [0.4, 0.5) is 5.69 Å². The average molecular weight is 248 g/mol. The van der Waals surface area contributed by atoms with Gasteiger partial charge in [-0.3, -0.25) is 4.79 Å². The molecule has 1 fully saturated rings. The number of unbranched alkanes of at least 4 members (excludes halogenated alkanes) is 1. The number of aliphatic hydroxyl groups excluding tert-OH is 1. The number of aliphatic hydroxyl groups is 1. The van der Waals surface area contributed by atoms with Gasteiger partial charge in [0.05, 0.1) is 11.7 Å². The number of carbonyl (C=O) groups is 1. The summed E-state index contributed by atoms with van der Waals surface area (Å²) in [5.74, 6) is -0.0000940. The molecule has 1 heterocycles. The van der Waals surface area contributed by atoms with E-state index in [2.05, 4.69) is 12.2 Å². The molecular formula is C14H20N2O2. The zero-order chi connectivity index (χ0) is 13.0. The van der Waals surface area contributed by atoms with Crippen LogP contribution in [0.15, 0.2) is 24.3 Å². The number of rotatable bonds is 5. The maximum absolute atomic E-state index is 12.2. The van der Waals surface area contributed by atoms with E-state index in [1.807, 2.05) is 24.3 Å². The lowest BCUT2D eigenvalue weighted by Gasteiger charge is -2.36. The predicted molar refractivity (Wildman–Crippen MR) is 71.8 cm³/mol. The van der Waals surface area contributed by atoms with E-state index in [0.717, 1.165) is 25.1 Å². The quantitative estimate of drug-likeness (QED) is 0.780. The second-order valence-electron chi connectivity index (χ2n) is 4.69. The number of hydrogen-bond donors (Lipinski definition) is 2. The van der Waals surface area contributed by atoms with Gasteiger partial charge in [0.15, 0.2) is 0 Å². The minimum atomic E-state index is -0.353. The maximum atomic E-state index is 12.2. The molecule has 1 aromatic rings. The molecule has 1 amide bonds. The van der Waals surface area contributed by atoms with Crippen LogP contribution >= 0.6 is 0 Å². The van der Waals surface area contributed by atoms with Gasteiger partial charge in [-0.25, -0.2) is 0 Å². The summed E-state index contributed by atoms with van der Waals surface area (Å²) < 4.78 is 0. The summed E-state index contributed by atoms with van der Waals surface area (Å²) in [5, 5.41) is 12.5. The standard InChI is InChI=1S/C14H20N2O2/c1-2-3-8-15-13-7-5-4-6-12(13)14(18)16-9-11(17)10-16/h4-7,11,15,17H,2-3,8-10H2,1H3. The van der Waals surface area contributed by atoms with Crippen molar-refractivity contribution in [3.05, 3.63) is 29.8 Å². The first-order chi connectivity index (χ1) is 8.72. The zero-order valence-corrected chi connectivity index (χ0v) is 10.7. The van der Waals surface area contributed by atoms with Crippen molar-refractivity contribution in [3.63, 3.8) is 0 Å². The van der Waals surface area contributed by atoms with Gasteiger partial charge < -0.3 is 15.3 Å². The van der Waals surface area contributed by atoms with Gasteiger partial charge in [-0.2, -0.15) is 0 Å². The number of nitrogens with one attached hydrogen (secondary N) is 1. The second-order valence-corrected chi connectivity index (χ2v) is 4.69. The molecule has 0 aliphatic carbocycles. The van der Waals surface area contributed by atoms with Crippen molar-refractivity contribution >= 4 is 11.6 Å². The molecule has 18 heavy (non-hydrogen) atoms. The van der Waals surface area contributed by atoms with Gasteiger partial charge in [0.1, 0.15) is 0 Å². The molecule has 4 nitrogen and oxygen atoms in total. The Morgan fingerprint density at radius 3 is 2.83 bits per heavy atom. The van der Waals surface area contributed by atoms with Crippen molar-refractivity contribution < 1.29 is 9.90 Å². The molecule has 2 rings (SSSR count). The number of amides is 1. The van der Waals surface area contributed by atoms with Crippen LogP contribution in [-0.2, 0) is 0 Å². The van der Waals surface area contributed by atoms with Crippen molar-refractivity contribution in [1.82, 2.24) is 4.90 Å².